The predicted octanol–water partition coefficient (Wildman–Crippen LogP) is -1.81. The van der Waals surface area contributed by atoms with Crippen LogP contribution in [0.1, 0.15) is 5.56 Å². The van der Waals surface area contributed by atoms with Gasteiger partial charge >= 0.3 is 0 Å². The molecule has 0 bridgehead atoms. The fraction of sp³-hybridized carbons (Fsp3) is 0.400. The molecule has 10 heteroatoms. The van der Waals surface area contributed by atoms with Crippen LogP contribution in [0.15, 0.2) is 41.7 Å². The molecule has 3 rings (SSSR count). The molecule has 0 aromatic heterocycles. The van der Waals surface area contributed by atoms with Gasteiger partial charge in [-0.15, -0.1) is 0 Å². The van der Waals surface area contributed by atoms with Crippen molar-refractivity contribution in [2.45, 2.75) is 36.6 Å². The first-order valence-corrected chi connectivity index (χ1v) is 9.14. The van der Waals surface area contributed by atoms with Gasteiger partial charge in [-0.2, -0.15) is 0 Å². The summed E-state index contributed by atoms with van der Waals surface area (Å²) < 4.78 is 5.28. The van der Waals surface area contributed by atoms with Gasteiger partial charge in [0.15, 0.2) is 11.6 Å². The molecular weight excluding hydrogens is 400 g/mol. The van der Waals surface area contributed by atoms with Crippen molar-refractivity contribution in [1.82, 2.24) is 0 Å². The zero-order valence-corrected chi connectivity index (χ0v) is 15.6. The number of rotatable bonds is 4. The fourth-order valence-electron chi connectivity index (χ4n) is 3.59. The molecule has 7 atom stereocenters. The number of ketones is 2. The van der Waals surface area contributed by atoms with Crippen LogP contribution in [0.5, 0.6) is 5.75 Å². The van der Waals surface area contributed by atoms with E-state index in [2.05, 4.69) is 0 Å². The SMILES string of the molecule is O=C1/C(=C(/O)C=Cc2ccc(O)cc2)C(=O)C(C2O[C@H](CO)[C@@H](O)[C@H](O)[C@H]2O)C1O. The van der Waals surface area contributed by atoms with Crippen molar-refractivity contribution >= 4 is 17.6 Å². The first-order valence-electron chi connectivity index (χ1n) is 9.14. The zero-order valence-electron chi connectivity index (χ0n) is 15.6. The molecule has 3 unspecified atom stereocenters. The molecule has 30 heavy (non-hydrogen) atoms. The highest BCUT2D eigenvalue weighted by molar-refractivity contribution is 6.29. The van der Waals surface area contributed by atoms with E-state index >= 15 is 0 Å². The molecule has 162 valence electrons. The molecule has 2 fully saturated rings. The van der Waals surface area contributed by atoms with E-state index in [-0.39, 0.29) is 5.75 Å². The van der Waals surface area contributed by atoms with Crippen LogP contribution < -0.4 is 0 Å². The van der Waals surface area contributed by atoms with Gasteiger partial charge in [0.05, 0.1) is 18.6 Å². The predicted molar refractivity (Wildman–Crippen MR) is 100 cm³/mol. The van der Waals surface area contributed by atoms with Crippen molar-refractivity contribution in [2.24, 2.45) is 5.92 Å². The lowest BCUT2D eigenvalue weighted by Crippen LogP contribution is -2.62. The highest BCUT2D eigenvalue weighted by atomic mass is 16.5. The van der Waals surface area contributed by atoms with E-state index in [4.69, 9.17) is 4.74 Å². The summed E-state index contributed by atoms with van der Waals surface area (Å²) in [6.07, 6.45) is -7.71. The molecule has 7 N–H and O–H groups in total. The van der Waals surface area contributed by atoms with Crippen LogP contribution >= 0.6 is 0 Å². The molecule has 1 aliphatic heterocycles. The van der Waals surface area contributed by atoms with Gasteiger partial charge in [0.25, 0.3) is 0 Å². The second-order valence-electron chi connectivity index (χ2n) is 7.18. The van der Waals surface area contributed by atoms with Crippen molar-refractivity contribution in [3.05, 3.63) is 47.2 Å². The smallest absolute Gasteiger partial charge is 0.199 e. The van der Waals surface area contributed by atoms with Crippen LogP contribution in [0.2, 0.25) is 0 Å². The lowest BCUT2D eigenvalue weighted by Gasteiger charge is -2.42. The lowest BCUT2D eigenvalue weighted by atomic mass is 9.85. The van der Waals surface area contributed by atoms with E-state index in [1.165, 1.54) is 30.3 Å². The Morgan fingerprint density at radius 2 is 1.60 bits per heavy atom. The van der Waals surface area contributed by atoms with Gasteiger partial charge in [0, 0.05) is 0 Å². The van der Waals surface area contributed by atoms with Gasteiger partial charge in [-0.05, 0) is 23.8 Å². The number of phenolic OH excluding ortho intramolecular Hbond substituents is 1. The summed E-state index contributed by atoms with van der Waals surface area (Å²) in [5.74, 6) is -4.44. The average Bonchev–Trinajstić information content (AvgIpc) is 2.95. The summed E-state index contributed by atoms with van der Waals surface area (Å²) in [6.45, 7) is -0.740. The Morgan fingerprint density at radius 3 is 2.20 bits per heavy atom. The van der Waals surface area contributed by atoms with Gasteiger partial charge < -0.3 is 40.5 Å². The van der Waals surface area contributed by atoms with Gasteiger partial charge in [-0.25, -0.2) is 0 Å². The number of benzene rings is 1. The number of allylic oxidation sites excluding steroid dienone is 1. The van der Waals surface area contributed by atoms with Crippen LogP contribution in [0.3, 0.4) is 0 Å². The zero-order chi connectivity index (χ0) is 22.2. The van der Waals surface area contributed by atoms with Crippen LogP contribution in [0, 0.1) is 5.92 Å². The Kier molecular flexibility index (Phi) is 6.36. The van der Waals surface area contributed by atoms with Crippen molar-refractivity contribution < 1.29 is 50.1 Å². The van der Waals surface area contributed by atoms with Crippen LogP contribution in [-0.2, 0) is 14.3 Å². The second kappa shape index (κ2) is 8.64. The molecular formula is C20H22O10. The van der Waals surface area contributed by atoms with E-state index < -0.39 is 72.0 Å². The molecule has 1 aromatic rings. The Bertz CT molecular complexity index is 872. The maximum atomic E-state index is 12.8. The van der Waals surface area contributed by atoms with E-state index in [0.717, 1.165) is 6.08 Å². The van der Waals surface area contributed by atoms with Gasteiger partial charge in [0.2, 0.25) is 0 Å². The number of carbonyl (C=O) groups excluding carboxylic acids is 2. The van der Waals surface area contributed by atoms with Gasteiger partial charge in [-0.1, -0.05) is 18.2 Å². The number of carbonyl (C=O) groups is 2. The third-order valence-corrected chi connectivity index (χ3v) is 5.27. The highest BCUT2D eigenvalue weighted by Crippen LogP contribution is 2.35. The average molecular weight is 422 g/mol. The van der Waals surface area contributed by atoms with E-state index in [1.54, 1.807) is 0 Å². The summed E-state index contributed by atoms with van der Waals surface area (Å²) in [6, 6.07) is 5.84. The molecule has 1 aromatic carbocycles. The number of phenols is 1. The number of aromatic hydroxyl groups is 1. The largest absolute Gasteiger partial charge is 0.508 e. The van der Waals surface area contributed by atoms with Crippen molar-refractivity contribution in [2.75, 3.05) is 6.61 Å². The molecule has 1 saturated carbocycles. The molecule has 0 radical (unpaired) electrons. The maximum Gasteiger partial charge on any atom is 0.199 e. The van der Waals surface area contributed by atoms with Gasteiger partial charge in [0.1, 0.15) is 47.6 Å². The van der Waals surface area contributed by atoms with Crippen molar-refractivity contribution in [3.63, 3.8) is 0 Å². The molecule has 1 heterocycles. The van der Waals surface area contributed by atoms with Gasteiger partial charge in [-0.3, -0.25) is 9.59 Å². The standard InChI is InChI=1S/C20H22O10/c21-7-11-14(24)18(28)19(29)20(30-11)13-15(25)12(16(26)17(13)27)10(23)6-3-8-1-4-9(22)5-2-8/h1-6,11,13-14,17-24,27-29H,7H2/b6-3?,12-10+/t11-,13?,14-,17?,18+,19-,20?/m1/s1. The summed E-state index contributed by atoms with van der Waals surface area (Å²) in [7, 11) is 0. The molecule has 0 amide bonds. The Hall–Kier alpha value is -2.60. The van der Waals surface area contributed by atoms with E-state index in [1.807, 2.05) is 0 Å². The maximum absolute atomic E-state index is 12.8. The number of hydrogen-bond acceptors (Lipinski definition) is 10. The third kappa shape index (κ3) is 3.88. The fourth-order valence-corrected chi connectivity index (χ4v) is 3.59. The molecule has 2 aliphatic rings. The second-order valence-corrected chi connectivity index (χ2v) is 7.18. The highest BCUT2D eigenvalue weighted by Gasteiger charge is 2.56. The molecule has 1 aliphatic carbocycles. The van der Waals surface area contributed by atoms with Crippen LogP contribution in [0.25, 0.3) is 6.08 Å². The molecule has 10 nitrogen and oxygen atoms in total. The number of hydrogen-bond donors (Lipinski definition) is 7. The summed E-state index contributed by atoms with van der Waals surface area (Å²) >= 11 is 0. The molecule has 0 spiro atoms. The lowest BCUT2D eigenvalue weighted by molar-refractivity contribution is -0.243. The molecule has 1 saturated heterocycles. The Balaban J connectivity index is 1.89. The van der Waals surface area contributed by atoms with E-state index in [9.17, 15) is 45.3 Å². The minimum Gasteiger partial charge on any atom is -0.508 e. The van der Waals surface area contributed by atoms with E-state index in [0.29, 0.717) is 5.56 Å². The monoisotopic (exact) mass is 422 g/mol. The topological polar surface area (TPSA) is 185 Å². The quantitative estimate of drug-likeness (QED) is 0.166. The Morgan fingerprint density at radius 1 is 0.967 bits per heavy atom. The number of ether oxygens (including phenoxy) is 1. The summed E-state index contributed by atoms with van der Waals surface area (Å²) in [5, 5.41) is 69.0. The van der Waals surface area contributed by atoms with Crippen LogP contribution in [-0.4, -0.2) is 90.5 Å². The summed E-state index contributed by atoms with van der Waals surface area (Å²) in [5.41, 5.74) is -0.150. The third-order valence-electron chi connectivity index (χ3n) is 5.27. The van der Waals surface area contributed by atoms with Crippen molar-refractivity contribution in [3.8, 4) is 5.75 Å². The minimum atomic E-state index is -1.96. The number of aliphatic hydroxyl groups is 6. The Labute approximate surface area is 170 Å². The first kappa shape index (κ1) is 22.1. The minimum absolute atomic E-state index is 0.0290. The normalized spacial score (nSPS) is 36.5. The number of Topliss-reactive ketones (excluding diaryl/α,β-unsaturated/α-hetero) is 2. The summed E-state index contributed by atoms with van der Waals surface area (Å²) in [4.78, 5) is 25.2. The van der Waals surface area contributed by atoms with Crippen molar-refractivity contribution in [1.29, 1.82) is 0 Å². The first-order chi connectivity index (χ1) is 14.2. The van der Waals surface area contributed by atoms with Crippen LogP contribution in [0.4, 0.5) is 0 Å². The number of aliphatic hydroxyl groups excluding tert-OH is 6.